The van der Waals surface area contributed by atoms with Gasteiger partial charge in [-0.05, 0) is 131 Å². The van der Waals surface area contributed by atoms with Gasteiger partial charge in [-0.2, -0.15) is 0 Å². The summed E-state index contributed by atoms with van der Waals surface area (Å²) >= 11 is 0. The highest BCUT2D eigenvalue weighted by Crippen LogP contribution is 2.34. The van der Waals surface area contributed by atoms with Crippen molar-refractivity contribution in [1.82, 2.24) is 0 Å². The minimum atomic E-state index is -0.0877. The summed E-state index contributed by atoms with van der Waals surface area (Å²) in [6.45, 7) is 18.8. The number of nitrogens with one attached hydrogen (secondary N) is 4. The summed E-state index contributed by atoms with van der Waals surface area (Å²) in [5, 5.41) is 24.2. The Labute approximate surface area is 317 Å². The fourth-order valence-corrected chi connectivity index (χ4v) is 6.05. The third-order valence-electron chi connectivity index (χ3n) is 9.06. The van der Waals surface area contributed by atoms with E-state index in [1.165, 1.54) is 22.3 Å². The predicted molar refractivity (Wildman–Crippen MR) is 228 cm³/mol. The Hall–Kier alpha value is -5.68. The van der Waals surface area contributed by atoms with Gasteiger partial charge in [-0.3, -0.25) is 0 Å². The normalized spacial score (nSPS) is 11.2. The first-order chi connectivity index (χ1) is 25.2. The van der Waals surface area contributed by atoms with Crippen LogP contribution in [0, 0.1) is 13.8 Å². The van der Waals surface area contributed by atoms with Gasteiger partial charge in [0.05, 0.1) is 0 Å². The predicted octanol–water partition coefficient (Wildman–Crippen LogP) is 13.0. The van der Waals surface area contributed by atoms with Crippen molar-refractivity contribution in [3.63, 3.8) is 0 Å². The Morgan fingerprint density at radius 3 is 1.30 bits per heavy atom. The lowest BCUT2D eigenvalue weighted by Crippen LogP contribution is -2.13. The van der Waals surface area contributed by atoms with Crippen molar-refractivity contribution >= 4 is 34.1 Å². The lowest BCUT2D eigenvalue weighted by Gasteiger charge is -2.23. The molecular formula is C48H56N4O. The average Bonchev–Trinajstić information content (AvgIpc) is 3.12. The number of benzene rings is 6. The summed E-state index contributed by atoms with van der Waals surface area (Å²) in [5.74, 6) is 0.405. The van der Waals surface area contributed by atoms with Crippen LogP contribution in [-0.2, 0) is 23.9 Å². The zero-order chi connectivity index (χ0) is 38.0. The first kappa shape index (κ1) is 38.5. The molecule has 0 radical (unpaired) electrons. The third kappa shape index (κ3) is 11.7. The van der Waals surface area contributed by atoms with Crippen LogP contribution in [0.3, 0.4) is 0 Å². The van der Waals surface area contributed by atoms with Gasteiger partial charge in [-0.1, -0.05) is 108 Å². The molecule has 6 rings (SSSR count). The molecule has 0 spiro atoms. The Balaban J connectivity index is 0.000000204. The third-order valence-corrected chi connectivity index (χ3v) is 9.06. The van der Waals surface area contributed by atoms with Gasteiger partial charge < -0.3 is 26.4 Å². The van der Waals surface area contributed by atoms with Crippen molar-refractivity contribution in [2.75, 3.05) is 21.3 Å². The summed E-state index contributed by atoms with van der Waals surface area (Å²) in [6, 6.07) is 48.1. The van der Waals surface area contributed by atoms with Crippen molar-refractivity contribution in [2.45, 2.75) is 79.3 Å². The van der Waals surface area contributed by atoms with E-state index < -0.39 is 0 Å². The molecule has 0 aliphatic rings. The van der Waals surface area contributed by atoms with Crippen molar-refractivity contribution in [3.8, 4) is 5.75 Å². The largest absolute Gasteiger partial charge is 0.507 e. The average molecular weight is 705 g/mol. The highest BCUT2D eigenvalue weighted by Gasteiger charge is 2.20. The SMILES string of the molecule is Cc1cc(CNc2ccc(Nc3ccccc3)cc2)cc(C(C)(C)C)c1.Cc1cc(CNc2ccc(Nc3ccccc3)cc2)cc(C(C)(C)C)c1O. The molecule has 0 fully saturated rings. The van der Waals surface area contributed by atoms with Crippen LogP contribution in [-0.4, -0.2) is 5.11 Å². The Kier molecular flexibility index (Phi) is 12.5. The van der Waals surface area contributed by atoms with E-state index in [0.29, 0.717) is 5.75 Å². The van der Waals surface area contributed by atoms with Crippen LogP contribution in [0.1, 0.15) is 74.9 Å². The second-order valence-corrected chi connectivity index (χ2v) is 15.9. The molecule has 0 atom stereocenters. The second kappa shape index (κ2) is 17.2. The van der Waals surface area contributed by atoms with Crippen molar-refractivity contribution < 1.29 is 5.11 Å². The molecule has 5 N–H and O–H groups in total. The monoisotopic (exact) mass is 704 g/mol. The lowest BCUT2D eigenvalue weighted by molar-refractivity contribution is 0.442. The van der Waals surface area contributed by atoms with Crippen LogP contribution in [0.25, 0.3) is 0 Å². The maximum atomic E-state index is 10.4. The second-order valence-electron chi connectivity index (χ2n) is 15.9. The molecule has 0 saturated carbocycles. The Bertz CT molecular complexity index is 2040. The molecule has 0 heterocycles. The van der Waals surface area contributed by atoms with Gasteiger partial charge in [0.15, 0.2) is 0 Å². The smallest absolute Gasteiger partial charge is 0.122 e. The van der Waals surface area contributed by atoms with Gasteiger partial charge in [-0.25, -0.2) is 0 Å². The van der Waals surface area contributed by atoms with Crippen LogP contribution in [0.2, 0.25) is 0 Å². The number of phenols is 1. The summed E-state index contributed by atoms with van der Waals surface area (Å²) in [4.78, 5) is 0. The highest BCUT2D eigenvalue weighted by molar-refractivity contribution is 5.63. The standard InChI is InChI=1S/C24H28N2O.C24H28N2/c1-17-14-18(15-22(23(17)27)24(2,3)4)16-25-19-10-12-21(13-11-19)26-20-8-6-5-7-9-20;1-18-14-19(16-20(15-18)24(2,3)4)17-25-21-10-12-23(13-11-21)26-22-8-6-5-7-9-22/h5-15,25-27H,16H2,1-4H3;5-16,25-26H,17H2,1-4H3. The van der Waals surface area contributed by atoms with Gasteiger partial charge >= 0.3 is 0 Å². The van der Waals surface area contributed by atoms with E-state index in [9.17, 15) is 5.11 Å². The molecule has 5 nitrogen and oxygen atoms in total. The number of anilines is 6. The number of para-hydroxylation sites is 2. The van der Waals surface area contributed by atoms with Gasteiger partial charge in [0.25, 0.3) is 0 Å². The number of aromatic hydroxyl groups is 1. The highest BCUT2D eigenvalue weighted by atomic mass is 16.3. The van der Waals surface area contributed by atoms with E-state index in [2.05, 4.69) is 155 Å². The van der Waals surface area contributed by atoms with Crippen LogP contribution in [0.4, 0.5) is 34.1 Å². The van der Waals surface area contributed by atoms with Crippen LogP contribution >= 0.6 is 0 Å². The quantitative estimate of drug-likeness (QED) is 0.0982. The fourth-order valence-electron chi connectivity index (χ4n) is 6.05. The number of phenolic OH excluding ortho intramolecular Hbond substituents is 1. The van der Waals surface area contributed by atoms with Crippen molar-refractivity contribution in [2.24, 2.45) is 0 Å². The molecule has 5 heteroatoms. The molecule has 0 amide bonds. The number of hydrogen-bond acceptors (Lipinski definition) is 5. The molecule has 0 saturated heterocycles. The summed E-state index contributed by atoms with van der Waals surface area (Å²) in [6.07, 6.45) is 0. The minimum absolute atomic E-state index is 0.0877. The van der Waals surface area contributed by atoms with E-state index in [1.807, 2.05) is 61.5 Å². The molecule has 0 unspecified atom stereocenters. The number of aryl methyl sites for hydroxylation is 2. The maximum absolute atomic E-state index is 10.4. The Morgan fingerprint density at radius 1 is 0.453 bits per heavy atom. The van der Waals surface area contributed by atoms with E-state index >= 15 is 0 Å². The van der Waals surface area contributed by atoms with Gasteiger partial charge in [0, 0.05) is 47.2 Å². The van der Waals surface area contributed by atoms with Gasteiger partial charge in [-0.15, -0.1) is 0 Å². The fraction of sp³-hybridized carbons (Fsp3) is 0.250. The summed E-state index contributed by atoms with van der Waals surface area (Å²) in [7, 11) is 0. The van der Waals surface area contributed by atoms with Crippen LogP contribution in [0.5, 0.6) is 5.75 Å². The van der Waals surface area contributed by atoms with Crippen LogP contribution < -0.4 is 21.3 Å². The van der Waals surface area contributed by atoms with E-state index in [1.54, 1.807) is 0 Å². The van der Waals surface area contributed by atoms with E-state index in [0.717, 1.165) is 58.3 Å². The summed E-state index contributed by atoms with van der Waals surface area (Å²) in [5.41, 5.74) is 13.7. The van der Waals surface area contributed by atoms with E-state index in [4.69, 9.17) is 0 Å². The summed E-state index contributed by atoms with van der Waals surface area (Å²) < 4.78 is 0. The Morgan fingerprint density at radius 2 is 0.868 bits per heavy atom. The molecule has 0 bridgehead atoms. The van der Waals surface area contributed by atoms with Gasteiger partial charge in [0.2, 0.25) is 0 Å². The molecule has 274 valence electrons. The molecule has 53 heavy (non-hydrogen) atoms. The van der Waals surface area contributed by atoms with Crippen LogP contribution in [0.15, 0.2) is 140 Å². The van der Waals surface area contributed by atoms with E-state index in [-0.39, 0.29) is 10.8 Å². The first-order valence-electron chi connectivity index (χ1n) is 18.5. The number of rotatable bonds is 10. The molecule has 6 aromatic rings. The van der Waals surface area contributed by atoms with Gasteiger partial charge in [0.1, 0.15) is 5.75 Å². The molecule has 0 aromatic heterocycles. The lowest BCUT2D eigenvalue weighted by atomic mass is 9.84. The molecule has 0 aliphatic heterocycles. The zero-order valence-corrected chi connectivity index (χ0v) is 32.6. The minimum Gasteiger partial charge on any atom is -0.507 e. The van der Waals surface area contributed by atoms with Crippen molar-refractivity contribution in [1.29, 1.82) is 0 Å². The molecular weight excluding hydrogens is 649 g/mol. The number of hydrogen-bond donors (Lipinski definition) is 5. The molecule has 0 aliphatic carbocycles. The topological polar surface area (TPSA) is 68.3 Å². The first-order valence-corrected chi connectivity index (χ1v) is 18.5. The maximum Gasteiger partial charge on any atom is 0.122 e. The molecule has 6 aromatic carbocycles. The zero-order valence-electron chi connectivity index (χ0n) is 32.6. The van der Waals surface area contributed by atoms with Crippen molar-refractivity contribution in [3.05, 3.63) is 173 Å².